The molecule has 4 heteroatoms. The van der Waals surface area contributed by atoms with Gasteiger partial charge in [0, 0.05) is 37.5 Å². The first-order valence-electron chi connectivity index (χ1n) is 5.77. The summed E-state index contributed by atoms with van der Waals surface area (Å²) in [6.45, 7) is 4.41. The Morgan fingerprint density at radius 3 is 2.88 bits per heavy atom. The maximum Gasteiger partial charge on any atom is 0.219 e. The summed E-state index contributed by atoms with van der Waals surface area (Å²) < 4.78 is 0. The smallest absolute Gasteiger partial charge is 0.219 e. The lowest BCUT2D eigenvalue weighted by Gasteiger charge is -2.31. The molecule has 1 fully saturated rings. The van der Waals surface area contributed by atoms with Crippen LogP contribution in [0.15, 0.2) is 17.5 Å². The van der Waals surface area contributed by atoms with E-state index >= 15 is 0 Å². The fraction of sp³-hybridized carbons (Fsp3) is 0.583. The number of piperidine rings is 1. The molecule has 1 aromatic rings. The molecule has 16 heavy (non-hydrogen) atoms. The van der Waals surface area contributed by atoms with Crippen molar-refractivity contribution < 1.29 is 4.79 Å². The third-order valence-corrected chi connectivity index (χ3v) is 3.96. The lowest BCUT2D eigenvalue weighted by molar-refractivity contribution is -0.129. The molecule has 0 atom stereocenters. The number of thiophene rings is 1. The molecule has 0 aromatic carbocycles. The van der Waals surface area contributed by atoms with Crippen molar-refractivity contribution in [2.45, 2.75) is 32.4 Å². The van der Waals surface area contributed by atoms with Crippen molar-refractivity contribution in [3.8, 4) is 0 Å². The average molecular weight is 238 g/mol. The standard InChI is InChI=1S/C12H18N2OS/c1-10(15)14-6-4-11(5-7-14)13-9-12-3-2-8-16-12/h2-3,8,11,13H,4-7,9H2,1H3. The molecule has 0 bridgehead atoms. The molecular formula is C12H18N2OS. The topological polar surface area (TPSA) is 32.3 Å². The first kappa shape index (κ1) is 11.6. The van der Waals surface area contributed by atoms with Crippen LogP contribution in [0.4, 0.5) is 0 Å². The van der Waals surface area contributed by atoms with E-state index in [4.69, 9.17) is 0 Å². The lowest BCUT2D eigenvalue weighted by atomic mass is 10.1. The Morgan fingerprint density at radius 1 is 1.56 bits per heavy atom. The second-order valence-electron chi connectivity index (χ2n) is 4.24. The molecule has 1 aliphatic heterocycles. The van der Waals surface area contributed by atoms with Crippen LogP contribution in [0.5, 0.6) is 0 Å². The van der Waals surface area contributed by atoms with Crippen LogP contribution in [0.25, 0.3) is 0 Å². The third-order valence-electron chi connectivity index (χ3n) is 3.09. The van der Waals surface area contributed by atoms with Crippen LogP contribution in [0.3, 0.4) is 0 Å². The molecule has 1 saturated heterocycles. The Labute approximate surface area is 100 Å². The lowest BCUT2D eigenvalue weighted by Crippen LogP contribution is -2.43. The quantitative estimate of drug-likeness (QED) is 0.871. The summed E-state index contributed by atoms with van der Waals surface area (Å²) in [5, 5.41) is 5.66. The number of carbonyl (C=O) groups excluding carboxylic acids is 1. The van der Waals surface area contributed by atoms with E-state index in [0.717, 1.165) is 32.5 Å². The van der Waals surface area contributed by atoms with Crippen molar-refractivity contribution in [2.75, 3.05) is 13.1 Å². The van der Waals surface area contributed by atoms with Crippen LogP contribution in [0, 0.1) is 0 Å². The Balaban J connectivity index is 1.71. The van der Waals surface area contributed by atoms with Crippen LogP contribution in [0.2, 0.25) is 0 Å². The zero-order valence-corrected chi connectivity index (χ0v) is 10.4. The van der Waals surface area contributed by atoms with Crippen molar-refractivity contribution in [3.63, 3.8) is 0 Å². The monoisotopic (exact) mass is 238 g/mol. The summed E-state index contributed by atoms with van der Waals surface area (Å²) in [6, 6.07) is 4.81. The highest BCUT2D eigenvalue weighted by Crippen LogP contribution is 2.13. The Morgan fingerprint density at radius 2 is 2.31 bits per heavy atom. The molecule has 88 valence electrons. The van der Waals surface area contributed by atoms with Crippen LogP contribution in [0.1, 0.15) is 24.6 Å². The maximum absolute atomic E-state index is 11.2. The van der Waals surface area contributed by atoms with Gasteiger partial charge in [0.15, 0.2) is 0 Å². The second-order valence-corrected chi connectivity index (χ2v) is 5.27. The highest BCUT2D eigenvalue weighted by atomic mass is 32.1. The van der Waals surface area contributed by atoms with Crippen LogP contribution >= 0.6 is 11.3 Å². The van der Waals surface area contributed by atoms with Gasteiger partial charge in [-0.05, 0) is 24.3 Å². The zero-order chi connectivity index (χ0) is 11.4. The summed E-state index contributed by atoms with van der Waals surface area (Å²) in [7, 11) is 0. The van der Waals surface area contributed by atoms with Crippen molar-refractivity contribution >= 4 is 17.2 Å². The number of carbonyl (C=O) groups is 1. The molecule has 0 spiro atoms. The number of rotatable bonds is 3. The molecule has 0 saturated carbocycles. The van der Waals surface area contributed by atoms with Gasteiger partial charge in [-0.1, -0.05) is 6.07 Å². The fourth-order valence-corrected chi connectivity index (χ4v) is 2.71. The second kappa shape index (κ2) is 5.46. The molecule has 0 radical (unpaired) electrons. The van der Waals surface area contributed by atoms with Crippen LogP contribution < -0.4 is 5.32 Å². The summed E-state index contributed by atoms with van der Waals surface area (Å²) in [4.78, 5) is 14.5. The van der Waals surface area contributed by atoms with Gasteiger partial charge in [-0.2, -0.15) is 0 Å². The maximum atomic E-state index is 11.2. The highest BCUT2D eigenvalue weighted by Gasteiger charge is 2.19. The summed E-state index contributed by atoms with van der Waals surface area (Å²) in [5.41, 5.74) is 0. The Kier molecular flexibility index (Phi) is 3.96. The van der Waals surface area contributed by atoms with Crippen LogP contribution in [-0.4, -0.2) is 29.9 Å². The minimum absolute atomic E-state index is 0.205. The van der Waals surface area contributed by atoms with Gasteiger partial charge in [-0.25, -0.2) is 0 Å². The molecule has 2 rings (SSSR count). The number of nitrogens with one attached hydrogen (secondary N) is 1. The summed E-state index contributed by atoms with van der Waals surface area (Å²) in [5.74, 6) is 0.205. The van der Waals surface area contributed by atoms with Crippen molar-refractivity contribution in [1.82, 2.24) is 10.2 Å². The van der Waals surface area contributed by atoms with Gasteiger partial charge in [0.2, 0.25) is 5.91 Å². The predicted molar refractivity (Wildman–Crippen MR) is 66.4 cm³/mol. The molecular weight excluding hydrogens is 220 g/mol. The minimum atomic E-state index is 0.205. The van der Waals surface area contributed by atoms with Crippen molar-refractivity contribution in [2.24, 2.45) is 0 Å². The Bertz CT molecular complexity index is 329. The molecule has 2 heterocycles. The summed E-state index contributed by atoms with van der Waals surface area (Å²) in [6.07, 6.45) is 2.15. The van der Waals surface area contributed by atoms with Gasteiger partial charge in [0.1, 0.15) is 0 Å². The fourth-order valence-electron chi connectivity index (χ4n) is 2.06. The SMILES string of the molecule is CC(=O)N1CCC(NCc2cccs2)CC1. The van der Waals surface area contributed by atoms with Gasteiger partial charge in [0.25, 0.3) is 0 Å². The molecule has 1 amide bonds. The highest BCUT2D eigenvalue weighted by molar-refractivity contribution is 7.09. The van der Waals surface area contributed by atoms with Gasteiger partial charge < -0.3 is 10.2 Å². The van der Waals surface area contributed by atoms with E-state index in [-0.39, 0.29) is 5.91 Å². The van der Waals surface area contributed by atoms with E-state index in [1.807, 2.05) is 4.90 Å². The molecule has 1 aliphatic rings. The van der Waals surface area contributed by atoms with Gasteiger partial charge in [0.05, 0.1) is 0 Å². The summed E-state index contributed by atoms with van der Waals surface area (Å²) >= 11 is 1.79. The van der Waals surface area contributed by atoms with E-state index in [9.17, 15) is 4.79 Å². The first-order valence-corrected chi connectivity index (χ1v) is 6.65. The van der Waals surface area contributed by atoms with E-state index in [1.165, 1.54) is 4.88 Å². The van der Waals surface area contributed by atoms with Crippen molar-refractivity contribution in [3.05, 3.63) is 22.4 Å². The van der Waals surface area contributed by atoms with Crippen LogP contribution in [-0.2, 0) is 11.3 Å². The van der Waals surface area contributed by atoms with Gasteiger partial charge in [-0.3, -0.25) is 4.79 Å². The molecule has 0 unspecified atom stereocenters. The van der Waals surface area contributed by atoms with E-state index in [0.29, 0.717) is 6.04 Å². The molecule has 0 aliphatic carbocycles. The number of hydrogen-bond acceptors (Lipinski definition) is 3. The number of hydrogen-bond donors (Lipinski definition) is 1. The predicted octanol–water partition coefficient (Wildman–Crippen LogP) is 1.85. The first-order chi connectivity index (χ1) is 7.75. The molecule has 3 nitrogen and oxygen atoms in total. The van der Waals surface area contributed by atoms with E-state index in [2.05, 4.69) is 22.8 Å². The van der Waals surface area contributed by atoms with E-state index in [1.54, 1.807) is 18.3 Å². The average Bonchev–Trinajstić information content (AvgIpc) is 2.80. The van der Waals surface area contributed by atoms with Crippen molar-refractivity contribution in [1.29, 1.82) is 0 Å². The largest absolute Gasteiger partial charge is 0.343 e. The zero-order valence-electron chi connectivity index (χ0n) is 9.61. The molecule has 1 N–H and O–H groups in total. The van der Waals surface area contributed by atoms with E-state index < -0.39 is 0 Å². The van der Waals surface area contributed by atoms with Gasteiger partial charge >= 0.3 is 0 Å². The number of nitrogens with zero attached hydrogens (tertiary/aromatic N) is 1. The minimum Gasteiger partial charge on any atom is -0.343 e. The number of likely N-dealkylation sites (tertiary alicyclic amines) is 1. The van der Waals surface area contributed by atoms with Gasteiger partial charge in [-0.15, -0.1) is 11.3 Å². The number of amides is 1. The normalized spacial score (nSPS) is 17.7. The third kappa shape index (κ3) is 3.06. The molecule has 1 aromatic heterocycles. The Hall–Kier alpha value is -0.870.